The number of nitrogens with zero attached hydrogens (tertiary/aromatic N) is 7. The van der Waals surface area contributed by atoms with Crippen molar-refractivity contribution in [1.29, 1.82) is 5.26 Å². The van der Waals surface area contributed by atoms with Crippen LogP contribution in [0.3, 0.4) is 0 Å². The van der Waals surface area contributed by atoms with Crippen LogP contribution >= 0.6 is 0 Å². The number of aldehydes is 1. The summed E-state index contributed by atoms with van der Waals surface area (Å²) in [7, 11) is 3.54. The summed E-state index contributed by atoms with van der Waals surface area (Å²) >= 11 is 0. The Labute approximate surface area is 307 Å². The van der Waals surface area contributed by atoms with Gasteiger partial charge in [-0.3, -0.25) is 9.69 Å². The van der Waals surface area contributed by atoms with Crippen LogP contribution in [-0.4, -0.2) is 70.3 Å². The molecule has 2 atom stereocenters. The molecule has 0 saturated carbocycles. The van der Waals surface area contributed by atoms with E-state index in [1.165, 1.54) is 12.5 Å². The Bertz CT molecular complexity index is 1620. The summed E-state index contributed by atoms with van der Waals surface area (Å²) in [6.45, 7) is 15.0. The first-order chi connectivity index (χ1) is 24.9. The fourth-order valence-electron chi connectivity index (χ4n) is 6.59. The van der Waals surface area contributed by atoms with Crippen molar-refractivity contribution in [3.63, 3.8) is 0 Å². The Kier molecular flexibility index (Phi) is 16.1. The highest BCUT2D eigenvalue weighted by molar-refractivity contribution is 5.79. The minimum absolute atomic E-state index is 0.0208. The van der Waals surface area contributed by atoms with E-state index < -0.39 is 17.2 Å². The van der Waals surface area contributed by atoms with Gasteiger partial charge in [0.05, 0.1) is 31.3 Å². The van der Waals surface area contributed by atoms with Crippen molar-refractivity contribution in [3.8, 4) is 6.07 Å². The zero-order chi connectivity index (χ0) is 38.5. The van der Waals surface area contributed by atoms with Crippen LogP contribution in [-0.2, 0) is 42.9 Å². The van der Waals surface area contributed by atoms with Crippen molar-refractivity contribution >= 4 is 17.9 Å². The lowest BCUT2D eigenvalue weighted by Crippen LogP contribution is -2.49. The first-order valence-corrected chi connectivity index (χ1v) is 18.5. The van der Waals surface area contributed by atoms with Gasteiger partial charge in [-0.2, -0.15) is 18.4 Å². The fraction of sp³-hybridized carbons (Fsp3) is 0.615. The molecule has 2 aliphatic heterocycles. The Morgan fingerprint density at radius 1 is 1.19 bits per heavy atom. The van der Waals surface area contributed by atoms with Crippen LogP contribution in [0.15, 0.2) is 30.6 Å². The molecule has 10 nitrogen and oxygen atoms in total. The van der Waals surface area contributed by atoms with Gasteiger partial charge < -0.3 is 19.5 Å². The Balaban J connectivity index is 0.00000139. The summed E-state index contributed by atoms with van der Waals surface area (Å²) in [6.07, 6.45) is 2.34. The van der Waals surface area contributed by atoms with Gasteiger partial charge in [-0.05, 0) is 72.7 Å². The van der Waals surface area contributed by atoms with Crippen molar-refractivity contribution in [1.82, 2.24) is 24.6 Å². The zero-order valence-electron chi connectivity index (χ0n) is 32.2. The molecule has 2 aromatic heterocycles. The largest absolute Gasteiger partial charge is 0.416 e. The molecule has 2 fully saturated rings. The molecule has 0 bridgehead atoms. The lowest BCUT2D eigenvalue weighted by atomic mass is 9.75. The molecule has 1 unspecified atom stereocenters. The SMILES string of the molecule is CC.CCC.CCC(CC#N)Nc1cc(C2(Cc3nncn3C)COC2)cc(N(C)Cc2c(C=O)cc(CN3CCC[C@H](C)C3)cc2C(F)(F)F)n1. The number of hydrogen-bond donors (Lipinski definition) is 1. The molecule has 0 aliphatic carbocycles. The second-order valence-corrected chi connectivity index (χ2v) is 13.9. The lowest BCUT2D eigenvalue weighted by molar-refractivity contribution is -0.138. The van der Waals surface area contributed by atoms with E-state index >= 15 is 0 Å². The lowest BCUT2D eigenvalue weighted by Gasteiger charge is -2.42. The van der Waals surface area contributed by atoms with Crippen LogP contribution in [0, 0.1) is 17.2 Å². The highest BCUT2D eigenvalue weighted by Gasteiger charge is 2.43. The van der Waals surface area contributed by atoms with E-state index in [0.717, 1.165) is 37.3 Å². The summed E-state index contributed by atoms with van der Waals surface area (Å²) in [5.41, 5.74) is 0.0260. The number of piperidine rings is 1. The highest BCUT2D eigenvalue weighted by Crippen LogP contribution is 2.39. The van der Waals surface area contributed by atoms with Crippen molar-refractivity contribution in [2.45, 2.75) is 111 Å². The predicted molar refractivity (Wildman–Crippen MR) is 199 cm³/mol. The number of hydrogen-bond acceptors (Lipinski definition) is 9. The maximum atomic E-state index is 14.6. The van der Waals surface area contributed by atoms with E-state index in [1.807, 2.05) is 44.5 Å². The number of likely N-dealkylation sites (tertiary alicyclic amines) is 1. The number of carbonyl (C=O) groups excluding carboxylic acids is 1. The van der Waals surface area contributed by atoms with Gasteiger partial charge in [0.2, 0.25) is 0 Å². The number of benzene rings is 1. The van der Waals surface area contributed by atoms with Crippen LogP contribution in [0.1, 0.15) is 112 Å². The topological polar surface area (TPSA) is 112 Å². The van der Waals surface area contributed by atoms with E-state index in [9.17, 15) is 23.2 Å². The smallest absolute Gasteiger partial charge is 0.379 e. The van der Waals surface area contributed by atoms with Crippen LogP contribution < -0.4 is 10.2 Å². The summed E-state index contributed by atoms with van der Waals surface area (Å²) in [5.74, 6) is 2.19. The standard InChI is InChI=1S/C34H43F3N8O2.C3H8.C2H6/c1-5-27(8-9-38)40-30-13-26(33(20-47-21-33)15-32-42-39-22-44(32)4)14-31(41-30)43(3)18-28-25(19-46)11-24(12-29(28)34(35,36)37)17-45-10-6-7-23(2)16-45;1-3-2;1-2/h11-14,19,22-23,27H,5-8,10,15-18,20-21H2,1-4H3,(H,40,41);3H2,1-2H3;1-2H3/t23-,27?;;/m0../s1. The molecule has 0 radical (unpaired) electrons. The van der Waals surface area contributed by atoms with Gasteiger partial charge in [0.1, 0.15) is 30.1 Å². The number of anilines is 2. The van der Waals surface area contributed by atoms with Crippen LogP contribution in [0.4, 0.5) is 24.8 Å². The predicted octanol–water partition coefficient (Wildman–Crippen LogP) is 7.97. The molecule has 4 heterocycles. The van der Waals surface area contributed by atoms with Gasteiger partial charge in [0.15, 0.2) is 0 Å². The number of pyridine rings is 1. The average Bonchev–Trinajstić information content (AvgIpc) is 3.50. The van der Waals surface area contributed by atoms with Crippen LogP contribution in [0.25, 0.3) is 0 Å². The molecule has 2 saturated heterocycles. The minimum Gasteiger partial charge on any atom is -0.379 e. The molecule has 13 heteroatoms. The molecule has 52 heavy (non-hydrogen) atoms. The number of nitriles is 1. The number of aromatic nitrogens is 4. The van der Waals surface area contributed by atoms with E-state index in [-0.39, 0.29) is 30.1 Å². The molecule has 2 aliphatic rings. The number of nitrogens with one attached hydrogen (secondary N) is 1. The molecule has 5 rings (SSSR count). The Hall–Kier alpha value is -4.02. The quantitative estimate of drug-likeness (QED) is 0.175. The third-order valence-electron chi connectivity index (χ3n) is 9.38. The Morgan fingerprint density at radius 3 is 2.44 bits per heavy atom. The van der Waals surface area contributed by atoms with Crippen LogP contribution in [0.5, 0.6) is 0 Å². The van der Waals surface area contributed by atoms with Crippen molar-refractivity contribution in [2.24, 2.45) is 13.0 Å². The fourth-order valence-corrected chi connectivity index (χ4v) is 6.59. The summed E-state index contributed by atoms with van der Waals surface area (Å²) < 4.78 is 51.4. The maximum absolute atomic E-state index is 14.6. The third kappa shape index (κ3) is 11.0. The van der Waals surface area contributed by atoms with Gasteiger partial charge >= 0.3 is 6.18 Å². The average molecular weight is 727 g/mol. The van der Waals surface area contributed by atoms with Crippen molar-refractivity contribution in [2.75, 3.05) is 43.6 Å². The number of halogens is 3. The number of carbonyl (C=O) groups is 1. The molecule has 1 aromatic carbocycles. The second kappa shape index (κ2) is 19.7. The maximum Gasteiger partial charge on any atom is 0.416 e. The van der Waals surface area contributed by atoms with Gasteiger partial charge in [-0.25, -0.2) is 4.98 Å². The van der Waals surface area contributed by atoms with E-state index in [2.05, 4.69) is 47.3 Å². The Morgan fingerprint density at radius 2 is 1.90 bits per heavy atom. The minimum atomic E-state index is -4.66. The van der Waals surface area contributed by atoms with E-state index in [4.69, 9.17) is 9.72 Å². The van der Waals surface area contributed by atoms with Gasteiger partial charge in [-0.1, -0.05) is 48.0 Å². The number of alkyl halides is 3. The summed E-state index contributed by atoms with van der Waals surface area (Å²) in [6, 6.07) is 8.61. The monoisotopic (exact) mass is 726 g/mol. The molecular weight excluding hydrogens is 669 g/mol. The number of rotatable bonds is 13. The molecule has 286 valence electrons. The van der Waals surface area contributed by atoms with Crippen molar-refractivity contribution in [3.05, 3.63) is 64.2 Å². The van der Waals surface area contributed by atoms with Crippen LogP contribution in [0.2, 0.25) is 0 Å². The normalized spacial score (nSPS) is 17.3. The first-order valence-electron chi connectivity index (χ1n) is 18.5. The summed E-state index contributed by atoms with van der Waals surface area (Å²) in [4.78, 5) is 20.9. The third-order valence-corrected chi connectivity index (χ3v) is 9.38. The number of aryl methyl sites for hydroxylation is 1. The van der Waals surface area contributed by atoms with Crippen molar-refractivity contribution < 1.29 is 22.7 Å². The second-order valence-electron chi connectivity index (χ2n) is 13.9. The zero-order valence-corrected chi connectivity index (χ0v) is 32.2. The van der Waals surface area contributed by atoms with E-state index in [0.29, 0.717) is 62.0 Å². The summed E-state index contributed by atoms with van der Waals surface area (Å²) in [5, 5.41) is 21.0. The first kappa shape index (κ1) is 42.4. The van der Waals surface area contributed by atoms with E-state index in [1.54, 1.807) is 24.3 Å². The van der Waals surface area contributed by atoms with Gasteiger partial charge in [-0.15, -0.1) is 10.2 Å². The molecule has 0 spiro atoms. The molecular formula is C39H57F3N8O2. The highest BCUT2D eigenvalue weighted by atomic mass is 19.4. The molecule has 1 N–H and O–H groups in total. The van der Waals surface area contributed by atoms with Gasteiger partial charge in [0, 0.05) is 57.2 Å². The van der Waals surface area contributed by atoms with Gasteiger partial charge in [0.25, 0.3) is 0 Å². The molecule has 0 amide bonds. The number of ether oxygens (including phenoxy) is 1. The molecule has 3 aromatic rings.